The van der Waals surface area contributed by atoms with Crippen LogP contribution in [0.25, 0.3) is 0 Å². The minimum Gasteiger partial charge on any atom is -0.496 e. The number of carbonyl (C=O) groups is 1. The summed E-state index contributed by atoms with van der Waals surface area (Å²) in [6, 6.07) is 9.67. The van der Waals surface area contributed by atoms with Crippen molar-refractivity contribution in [1.82, 2.24) is 5.32 Å². The van der Waals surface area contributed by atoms with Crippen molar-refractivity contribution in [3.63, 3.8) is 0 Å². The Bertz CT molecular complexity index is 683. The van der Waals surface area contributed by atoms with E-state index in [9.17, 15) is 9.18 Å². The molecule has 0 heterocycles. The molecule has 1 amide bonds. The molecule has 1 N–H and O–H groups in total. The van der Waals surface area contributed by atoms with Crippen molar-refractivity contribution < 1.29 is 18.7 Å². The van der Waals surface area contributed by atoms with E-state index < -0.39 is 0 Å². The first kappa shape index (κ1) is 16.8. The number of hydrogen-bond donors (Lipinski definition) is 1. The molecule has 0 aliphatic rings. The van der Waals surface area contributed by atoms with Gasteiger partial charge in [-0.25, -0.2) is 4.39 Å². The molecule has 23 heavy (non-hydrogen) atoms. The normalized spacial score (nSPS) is 10.3. The Hall–Kier alpha value is -2.56. The number of benzene rings is 2. The first-order valence-electron chi connectivity index (χ1n) is 7.30. The molecule has 0 bridgehead atoms. The quantitative estimate of drug-likeness (QED) is 0.890. The first-order chi connectivity index (χ1) is 11.0. The lowest BCUT2D eigenvalue weighted by Crippen LogP contribution is -2.26. The molecule has 122 valence electrons. The second-order valence-corrected chi connectivity index (χ2v) is 5.15. The number of nitrogens with one attached hydrogen (secondary N) is 1. The topological polar surface area (TPSA) is 47.6 Å². The summed E-state index contributed by atoms with van der Waals surface area (Å²) in [5.41, 5.74) is 2.28. The van der Waals surface area contributed by atoms with Crippen LogP contribution in [0.3, 0.4) is 0 Å². The lowest BCUT2D eigenvalue weighted by Gasteiger charge is -2.13. The number of amides is 1. The van der Waals surface area contributed by atoms with Crippen molar-refractivity contribution in [2.45, 2.75) is 13.3 Å². The summed E-state index contributed by atoms with van der Waals surface area (Å²) < 4.78 is 23.4. The van der Waals surface area contributed by atoms with Crippen LogP contribution in [0.2, 0.25) is 0 Å². The Morgan fingerprint density at radius 1 is 1.09 bits per heavy atom. The maximum absolute atomic E-state index is 12.9. The average molecular weight is 317 g/mol. The van der Waals surface area contributed by atoms with Crippen molar-refractivity contribution >= 4 is 5.91 Å². The van der Waals surface area contributed by atoms with Crippen molar-refractivity contribution in [3.05, 3.63) is 58.9 Å². The number of rotatable bonds is 6. The van der Waals surface area contributed by atoms with Crippen LogP contribution in [-0.2, 0) is 6.42 Å². The third kappa shape index (κ3) is 4.22. The predicted octanol–water partition coefficient (Wildman–Crippen LogP) is 3.12. The van der Waals surface area contributed by atoms with Crippen LogP contribution >= 0.6 is 0 Å². The fourth-order valence-corrected chi connectivity index (χ4v) is 2.29. The number of ether oxygens (including phenoxy) is 2. The zero-order valence-corrected chi connectivity index (χ0v) is 13.5. The maximum atomic E-state index is 12.9. The van der Waals surface area contributed by atoms with Gasteiger partial charge in [0, 0.05) is 6.54 Å². The SMILES string of the molecule is COc1cc(C(=O)NCCc2ccc(F)cc2)c(OC)cc1C. The van der Waals surface area contributed by atoms with Gasteiger partial charge in [-0.1, -0.05) is 12.1 Å². The van der Waals surface area contributed by atoms with Gasteiger partial charge in [0.1, 0.15) is 17.3 Å². The molecule has 0 fully saturated rings. The summed E-state index contributed by atoms with van der Waals surface area (Å²) in [7, 11) is 3.08. The zero-order valence-electron chi connectivity index (χ0n) is 13.5. The van der Waals surface area contributed by atoms with E-state index in [1.165, 1.54) is 19.2 Å². The number of methoxy groups -OCH3 is 2. The van der Waals surface area contributed by atoms with Crippen LogP contribution in [0.4, 0.5) is 4.39 Å². The van der Waals surface area contributed by atoms with Crippen LogP contribution in [0.5, 0.6) is 11.5 Å². The molecule has 4 nitrogen and oxygen atoms in total. The molecule has 0 atom stereocenters. The Morgan fingerprint density at radius 2 is 1.74 bits per heavy atom. The first-order valence-corrected chi connectivity index (χ1v) is 7.30. The summed E-state index contributed by atoms with van der Waals surface area (Å²) in [5, 5.41) is 2.84. The van der Waals surface area contributed by atoms with E-state index in [1.54, 1.807) is 31.4 Å². The summed E-state index contributed by atoms with van der Waals surface area (Å²) in [4.78, 5) is 12.3. The Morgan fingerprint density at radius 3 is 2.35 bits per heavy atom. The Balaban J connectivity index is 2.03. The molecule has 0 aliphatic heterocycles. The van der Waals surface area contributed by atoms with Crippen LogP contribution in [0, 0.1) is 12.7 Å². The lowest BCUT2D eigenvalue weighted by atomic mass is 10.1. The smallest absolute Gasteiger partial charge is 0.255 e. The highest BCUT2D eigenvalue weighted by atomic mass is 19.1. The third-order valence-electron chi connectivity index (χ3n) is 3.57. The van der Waals surface area contributed by atoms with Crippen molar-refractivity contribution in [2.75, 3.05) is 20.8 Å². The highest BCUT2D eigenvalue weighted by molar-refractivity contribution is 5.97. The summed E-state index contributed by atoms with van der Waals surface area (Å²) in [6.07, 6.45) is 0.622. The molecule has 0 saturated carbocycles. The van der Waals surface area contributed by atoms with Crippen molar-refractivity contribution in [2.24, 2.45) is 0 Å². The number of halogens is 1. The van der Waals surface area contributed by atoms with Crippen LogP contribution in [0.15, 0.2) is 36.4 Å². The number of carbonyl (C=O) groups excluding carboxylic acids is 1. The van der Waals surface area contributed by atoms with Crippen LogP contribution in [-0.4, -0.2) is 26.7 Å². The standard InChI is InChI=1S/C18H20FNO3/c1-12-10-17(23-3)15(11-16(12)22-2)18(21)20-9-8-13-4-6-14(19)7-5-13/h4-7,10-11H,8-9H2,1-3H3,(H,20,21). The fraction of sp³-hybridized carbons (Fsp3) is 0.278. The highest BCUT2D eigenvalue weighted by Gasteiger charge is 2.15. The van der Waals surface area contributed by atoms with Crippen LogP contribution in [0.1, 0.15) is 21.5 Å². The van der Waals surface area contributed by atoms with Gasteiger partial charge in [-0.2, -0.15) is 0 Å². The maximum Gasteiger partial charge on any atom is 0.255 e. The summed E-state index contributed by atoms with van der Waals surface area (Å²) in [5.74, 6) is 0.633. The van der Waals surface area contributed by atoms with Gasteiger partial charge in [-0.05, 0) is 48.7 Å². The van der Waals surface area contributed by atoms with Gasteiger partial charge in [0.15, 0.2) is 0 Å². The van der Waals surface area contributed by atoms with E-state index in [1.807, 2.05) is 6.92 Å². The van der Waals surface area contributed by atoms with Crippen molar-refractivity contribution in [1.29, 1.82) is 0 Å². The van der Waals surface area contributed by atoms with Gasteiger partial charge in [0.05, 0.1) is 19.8 Å². The second kappa shape index (κ2) is 7.63. The van der Waals surface area contributed by atoms with E-state index in [4.69, 9.17) is 9.47 Å². The minimum absolute atomic E-state index is 0.234. The van der Waals surface area contributed by atoms with E-state index in [2.05, 4.69) is 5.32 Å². The van der Waals surface area contributed by atoms with E-state index in [-0.39, 0.29) is 11.7 Å². The molecule has 0 saturated heterocycles. The van der Waals surface area contributed by atoms with E-state index >= 15 is 0 Å². The highest BCUT2D eigenvalue weighted by Crippen LogP contribution is 2.28. The molecule has 0 aliphatic carbocycles. The number of aryl methyl sites for hydroxylation is 1. The molecule has 2 aromatic rings. The Kier molecular flexibility index (Phi) is 5.57. The fourth-order valence-electron chi connectivity index (χ4n) is 2.29. The number of hydrogen-bond acceptors (Lipinski definition) is 3. The molecule has 0 aromatic heterocycles. The predicted molar refractivity (Wildman–Crippen MR) is 86.7 cm³/mol. The molecule has 2 aromatic carbocycles. The van der Waals surface area contributed by atoms with Gasteiger partial charge in [-0.3, -0.25) is 4.79 Å². The van der Waals surface area contributed by atoms with E-state index in [0.717, 1.165) is 11.1 Å². The van der Waals surface area contributed by atoms with E-state index in [0.29, 0.717) is 30.0 Å². The van der Waals surface area contributed by atoms with Gasteiger partial charge in [-0.15, -0.1) is 0 Å². The molecule has 0 spiro atoms. The molecule has 5 heteroatoms. The largest absolute Gasteiger partial charge is 0.496 e. The molecule has 0 unspecified atom stereocenters. The summed E-state index contributed by atoms with van der Waals surface area (Å²) >= 11 is 0. The molecular formula is C18H20FNO3. The molecule has 0 radical (unpaired) electrons. The second-order valence-electron chi connectivity index (χ2n) is 5.15. The van der Waals surface area contributed by atoms with Gasteiger partial charge < -0.3 is 14.8 Å². The molecule has 2 rings (SSSR count). The minimum atomic E-state index is -0.269. The summed E-state index contributed by atoms with van der Waals surface area (Å²) in [6.45, 7) is 2.33. The third-order valence-corrected chi connectivity index (χ3v) is 3.57. The lowest BCUT2D eigenvalue weighted by molar-refractivity contribution is 0.0950. The van der Waals surface area contributed by atoms with Crippen LogP contribution < -0.4 is 14.8 Å². The van der Waals surface area contributed by atoms with Gasteiger partial charge >= 0.3 is 0 Å². The molecular weight excluding hydrogens is 297 g/mol. The van der Waals surface area contributed by atoms with Gasteiger partial charge in [0.25, 0.3) is 5.91 Å². The van der Waals surface area contributed by atoms with Gasteiger partial charge in [0.2, 0.25) is 0 Å². The van der Waals surface area contributed by atoms with Crippen molar-refractivity contribution in [3.8, 4) is 11.5 Å². The monoisotopic (exact) mass is 317 g/mol. The Labute approximate surface area is 135 Å². The zero-order chi connectivity index (χ0) is 16.8. The average Bonchev–Trinajstić information content (AvgIpc) is 2.56.